The Hall–Kier alpha value is -2.37. The Bertz CT molecular complexity index is 763. The number of aliphatic hydroxyl groups is 1. The average Bonchev–Trinajstić information content (AvgIpc) is 3.00. The summed E-state index contributed by atoms with van der Waals surface area (Å²) >= 11 is 0. The molecule has 0 aromatic heterocycles. The van der Waals surface area contributed by atoms with Crippen LogP contribution in [0.4, 0.5) is 0 Å². The molecule has 1 heterocycles. The minimum Gasteiger partial charge on any atom is -0.497 e. The normalized spacial score (nSPS) is 24.2. The zero-order valence-electron chi connectivity index (χ0n) is 15.4. The maximum Gasteiger partial charge on any atom is 0.348 e. The molecule has 0 radical (unpaired) electrons. The van der Waals surface area contributed by atoms with Gasteiger partial charge in [0.05, 0.1) is 7.11 Å². The Morgan fingerprint density at radius 1 is 1.08 bits per heavy atom. The van der Waals surface area contributed by atoms with Crippen molar-refractivity contribution < 1.29 is 24.1 Å². The van der Waals surface area contributed by atoms with Gasteiger partial charge in [0.25, 0.3) is 0 Å². The molecule has 1 aliphatic heterocycles. The smallest absolute Gasteiger partial charge is 0.348 e. The zero-order chi connectivity index (χ0) is 18.9. The first-order valence-corrected chi connectivity index (χ1v) is 8.55. The third kappa shape index (κ3) is 3.08. The molecule has 1 fully saturated rings. The molecule has 0 bridgehead atoms. The second kappa shape index (κ2) is 6.74. The van der Waals surface area contributed by atoms with Gasteiger partial charge in [0.1, 0.15) is 11.9 Å². The summed E-state index contributed by atoms with van der Waals surface area (Å²) in [5.74, 6) is 0.0733. The van der Waals surface area contributed by atoms with Crippen molar-refractivity contribution in [2.24, 2.45) is 5.41 Å². The number of rotatable bonds is 4. The number of hydrogen-bond donors (Lipinski definition) is 1. The maximum absolute atomic E-state index is 13.0. The van der Waals surface area contributed by atoms with Crippen molar-refractivity contribution in [2.45, 2.75) is 38.8 Å². The van der Waals surface area contributed by atoms with Crippen LogP contribution in [0.3, 0.4) is 0 Å². The first kappa shape index (κ1) is 18.4. The van der Waals surface area contributed by atoms with E-state index in [9.17, 15) is 9.90 Å². The number of methoxy groups -OCH3 is 1. The van der Waals surface area contributed by atoms with Gasteiger partial charge >= 0.3 is 5.97 Å². The van der Waals surface area contributed by atoms with Crippen LogP contribution in [0, 0.1) is 5.41 Å². The number of aliphatic hydroxyl groups excluding tert-OH is 1. The molecule has 5 nitrogen and oxygen atoms in total. The van der Waals surface area contributed by atoms with Crippen molar-refractivity contribution in [3.63, 3.8) is 0 Å². The van der Waals surface area contributed by atoms with Crippen molar-refractivity contribution >= 4 is 5.97 Å². The number of benzene rings is 2. The van der Waals surface area contributed by atoms with E-state index in [1.165, 1.54) is 0 Å². The Labute approximate surface area is 153 Å². The van der Waals surface area contributed by atoms with Crippen molar-refractivity contribution in [1.29, 1.82) is 0 Å². The first-order valence-electron chi connectivity index (χ1n) is 8.55. The van der Waals surface area contributed by atoms with E-state index in [1.54, 1.807) is 55.6 Å². The van der Waals surface area contributed by atoms with E-state index in [1.807, 2.05) is 26.8 Å². The van der Waals surface area contributed by atoms with Gasteiger partial charge in [-0.15, -0.1) is 0 Å². The maximum atomic E-state index is 13.0. The molecule has 0 saturated carbocycles. The van der Waals surface area contributed by atoms with Gasteiger partial charge in [-0.3, -0.25) is 0 Å². The Morgan fingerprint density at radius 3 is 2.19 bits per heavy atom. The highest BCUT2D eigenvalue weighted by atomic mass is 16.8. The van der Waals surface area contributed by atoms with Crippen LogP contribution in [0.5, 0.6) is 5.75 Å². The molecule has 3 atom stereocenters. The van der Waals surface area contributed by atoms with Gasteiger partial charge in [0, 0.05) is 5.41 Å². The number of carbonyl (C=O) groups excluding carboxylic acids is 1. The van der Waals surface area contributed by atoms with Gasteiger partial charge in [0.2, 0.25) is 11.9 Å². The standard InChI is InChI=1S/C21H24O5/c1-20(2,3)19-25-18(23)21(26-19,15-8-6-5-7-9-15)17(22)14-10-12-16(24-4)13-11-14/h5-13,17,19,22H,1-4H3/t17-,19+,21+/m0/s1. The lowest BCUT2D eigenvalue weighted by molar-refractivity contribution is -0.175. The average molecular weight is 356 g/mol. The topological polar surface area (TPSA) is 65.0 Å². The summed E-state index contributed by atoms with van der Waals surface area (Å²) < 4.78 is 16.8. The first-order chi connectivity index (χ1) is 12.3. The molecule has 2 aromatic rings. The van der Waals surface area contributed by atoms with E-state index in [0.717, 1.165) is 0 Å². The van der Waals surface area contributed by atoms with Crippen molar-refractivity contribution in [3.8, 4) is 5.75 Å². The predicted octanol–water partition coefficient (Wildman–Crippen LogP) is 3.57. The van der Waals surface area contributed by atoms with Crippen LogP contribution < -0.4 is 4.74 Å². The lowest BCUT2D eigenvalue weighted by Crippen LogP contribution is -2.41. The summed E-state index contributed by atoms with van der Waals surface area (Å²) in [6.45, 7) is 5.77. The molecule has 0 aliphatic carbocycles. The third-order valence-electron chi connectivity index (χ3n) is 4.54. The molecule has 0 amide bonds. The Morgan fingerprint density at radius 2 is 1.69 bits per heavy atom. The molecular formula is C21H24O5. The molecule has 5 heteroatoms. The van der Waals surface area contributed by atoms with Crippen LogP contribution >= 0.6 is 0 Å². The number of ether oxygens (including phenoxy) is 3. The fraction of sp³-hybridized carbons (Fsp3) is 0.381. The highest BCUT2D eigenvalue weighted by Crippen LogP contribution is 2.48. The molecule has 0 unspecified atom stereocenters. The van der Waals surface area contributed by atoms with E-state index in [0.29, 0.717) is 16.9 Å². The Balaban J connectivity index is 2.08. The van der Waals surface area contributed by atoms with E-state index in [4.69, 9.17) is 14.2 Å². The van der Waals surface area contributed by atoms with E-state index >= 15 is 0 Å². The minimum atomic E-state index is -1.62. The molecule has 26 heavy (non-hydrogen) atoms. The van der Waals surface area contributed by atoms with Gasteiger partial charge in [-0.25, -0.2) is 4.79 Å². The summed E-state index contributed by atoms with van der Waals surface area (Å²) in [6, 6.07) is 15.9. The van der Waals surface area contributed by atoms with Crippen molar-refractivity contribution in [2.75, 3.05) is 7.11 Å². The van der Waals surface area contributed by atoms with Crippen LogP contribution in [-0.4, -0.2) is 24.5 Å². The summed E-state index contributed by atoms with van der Waals surface area (Å²) in [4.78, 5) is 13.0. The van der Waals surface area contributed by atoms with Gasteiger partial charge in [0.15, 0.2) is 0 Å². The second-order valence-corrected chi connectivity index (χ2v) is 7.50. The highest BCUT2D eigenvalue weighted by Gasteiger charge is 2.59. The van der Waals surface area contributed by atoms with E-state index in [-0.39, 0.29) is 0 Å². The number of hydrogen-bond acceptors (Lipinski definition) is 5. The van der Waals surface area contributed by atoms with E-state index in [2.05, 4.69) is 0 Å². The van der Waals surface area contributed by atoms with Gasteiger partial charge in [-0.05, 0) is 23.3 Å². The monoisotopic (exact) mass is 356 g/mol. The number of carbonyl (C=O) groups is 1. The molecule has 1 aliphatic rings. The van der Waals surface area contributed by atoms with Crippen molar-refractivity contribution in [1.82, 2.24) is 0 Å². The van der Waals surface area contributed by atoms with Crippen LogP contribution in [0.1, 0.15) is 38.0 Å². The fourth-order valence-electron chi connectivity index (χ4n) is 3.01. The third-order valence-corrected chi connectivity index (χ3v) is 4.54. The fourth-order valence-corrected chi connectivity index (χ4v) is 3.01. The van der Waals surface area contributed by atoms with E-state index < -0.39 is 29.4 Å². The molecule has 0 spiro atoms. The largest absolute Gasteiger partial charge is 0.497 e. The molecule has 3 rings (SSSR count). The number of cyclic esters (lactones) is 1. The molecule has 1 N–H and O–H groups in total. The molecule has 138 valence electrons. The van der Waals surface area contributed by atoms with Crippen molar-refractivity contribution in [3.05, 3.63) is 65.7 Å². The summed E-state index contributed by atoms with van der Waals surface area (Å²) in [5, 5.41) is 11.2. The molecular weight excluding hydrogens is 332 g/mol. The van der Waals surface area contributed by atoms with Crippen LogP contribution in [0.25, 0.3) is 0 Å². The SMILES string of the molecule is COc1ccc([C@H](O)[C@@]2(c3ccccc3)O[C@H](C(C)(C)C)OC2=O)cc1. The summed E-state index contributed by atoms with van der Waals surface area (Å²) in [6.07, 6.45) is -1.99. The highest BCUT2D eigenvalue weighted by molar-refractivity contribution is 5.84. The van der Waals surface area contributed by atoms with Crippen LogP contribution in [0.2, 0.25) is 0 Å². The molecule has 1 saturated heterocycles. The molecule has 2 aromatic carbocycles. The summed E-state index contributed by atoms with van der Waals surface area (Å²) in [7, 11) is 1.57. The minimum absolute atomic E-state index is 0.425. The zero-order valence-corrected chi connectivity index (χ0v) is 15.4. The Kier molecular flexibility index (Phi) is 4.78. The number of esters is 1. The van der Waals surface area contributed by atoms with Gasteiger partial charge in [-0.2, -0.15) is 0 Å². The second-order valence-electron chi connectivity index (χ2n) is 7.50. The van der Waals surface area contributed by atoms with Gasteiger partial charge in [-0.1, -0.05) is 63.2 Å². The predicted molar refractivity (Wildman–Crippen MR) is 96.5 cm³/mol. The van der Waals surface area contributed by atoms with Crippen LogP contribution in [-0.2, 0) is 19.9 Å². The van der Waals surface area contributed by atoms with Gasteiger partial charge < -0.3 is 19.3 Å². The lowest BCUT2D eigenvalue weighted by atomic mass is 9.84. The quantitative estimate of drug-likeness (QED) is 0.849. The lowest BCUT2D eigenvalue weighted by Gasteiger charge is -2.32. The summed E-state index contributed by atoms with van der Waals surface area (Å²) in [5.41, 5.74) is -0.944. The van der Waals surface area contributed by atoms with Crippen LogP contribution in [0.15, 0.2) is 54.6 Å².